The van der Waals surface area contributed by atoms with Crippen LogP contribution in [0.2, 0.25) is 5.02 Å². The SMILES string of the molecule is CN1CCN(c2nc3cc(Cl)ccc3s2)CC1.Cl.Cl. The number of likely N-dealkylation sites (N-methyl/N-ethyl adjacent to an activating group) is 1. The molecule has 1 fully saturated rings. The molecule has 3 rings (SSSR count). The smallest absolute Gasteiger partial charge is 0.186 e. The quantitative estimate of drug-likeness (QED) is 0.791. The molecule has 1 aliphatic rings. The summed E-state index contributed by atoms with van der Waals surface area (Å²) < 4.78 is 1.21. The monoisotopic (exact) mass is 339 g/mol. The summed E-state index contributed by atoms with van der Waals surface area (Å²) in [5.41, 5.74) is 1.01. The van der Waals surface area contributed by atoms with Crippen molar-refractivity contribution in [1.82, 2.24) is 9.88 Å². The number of piperazine rings is 1. The maximum atomic E-state index is 5.98. The first kappa shape index (κ1) is 16.8. The summed E-state index contributed by atoms with van der Waals surface area (Å²) >= 11 is 7.73. The van der Waals surface area contributed by atoms with Gasteiger partial charge in [0.15, 0.2) is 5.13 Å². The molecule has 0 aliphatic carbocycles. The van der Waals surface area contributed by atoms with Crippen molar-refractivity contribution in [1.29, 1.82) is 0 Å². The van der Waals surface area contributed by atoms with Crippen molar-refractivity contribution >= 4 is 63.1 Å². The average molecular weight is 341 g/mol. The maximum Gasteiger partial charge on any atom is 0.186 e. The van der Waals surface area contributed by atoms with Gasteiger partial charge in [-0.15, -0.1) is 24.8 Å². The molecule has 0 unspecified atom stereocenters. The van der Waals surface area contributed by atoms with Crippen LogP contribution in [0.3, 0.4) is 0 Å². The van der Waals surface area contributed by atoms with Crippen LogP contribution in [-0.4, -0.2) is 43.1 Å². The molecule has 2 aromatic rings. The number of hydrogen-bond acceptors (Lipinski definition) is 4. The highest BCUT2D eigenvalue weighted by atomic mass is 35.5. The lowest BCUT2D eigenvalue weighted by Gasteiger charge is -2.31. The van der Waals surface area contributed by atoms with Gasteiger partial charge in [0.25, 0.3) is 0 Å². The molecule has 2 heterocycles. The third kappa shape index (κ3) is 3.64. The summed E-state index contributed by atoms with van der Waals surface area (Å²) in [5, 5.41) is 1.88. The van der Waals surface area contributed by atoms with Crippen molar-refractivity contribution in [2.45, 2.75) is 0 Å². The highest BCUT2D eigenvalue weighted by Gasteiger charge is 2.17. The molecule has 0 amide bonds. The Bertz CT molecular complexity index is 538. The largest absolute Gasteiger partial charge is 0.345 e. The number of thiazole rings is 1. The highest BCUT2D eigenvalue weighted by molar-refractivity contribution is 7.22. The van der Waals surface area contributed by atoms with Gasteiger partial charge in [0.2, 0.25) is 0 Å². The summed E-state index contributed by atoms with van der Waals surface area (Å²) in [6, 6.07) is 5.91. The Balaban J connectivity index is 0.000000902. The minimum atomic E-state index is 0. The molecule has 1 aromatic heterocycles. The second-order valence-corrected chi connectivity index (χ2v) is 5.84. The Morgan fingerprint density at radius 2 is 1.84 bits per heavy atom. The molecule has 0 N–H and O–H groups in total. The fraction of sp³-hybridized carbons (Fsp3) is 0.417. The molecule has 1 saturated heterocycles. The van der Waals surface area contributed by atoms with E-state index in [1.807, 2.05) is 12.1 Å². The minimum Gasteiger partial charge on any atom is -0.345 e. The molecule has 1 aromatic carbocycles. The molecular weight excluding hydrogens is 325 g/mol. The van der Waals surface area contributed by atoms with Crippen LogP contribution in [0.4, 0.5) is 5.13 Å². The lowest BCUT2D eigenvalue weighted by molar-refractivity contribution is 0.313. The second kappa shape index (κ2) is 6.95. The molecule has 0 bridgehead atoms. The van der Waals surface area contributed by atoms with Crippen molar-refractivity contribution in [3.05, 3.63) is 23.2 Å². The van der Waals surface area contributed by atoms with Gasteiger partial charge in [0, 0.05) is 31.2 Å². The highest BCUT2D eigenvalue weighted by Crippen LogP contribution is 2.30. The summed E-state index contributed by atoms with van der Waals surface area (Å²) in [7, 11) is 2.16. The zero-order valence-corrected chi connectivity index (χ0v) is 13.7. The standard InChI is InChI=1S/C12H14ClN3S.2ClH/c1-15-4-6-16(7-5-15)12-14-10-8-9(13)2-3-11(10)17-12;;/h2-3,8H,4-7H2,1H3;2*1H. The Kier molecular flexibility index (Phi) is 6.15. The van der Waals surface area contributed by atoms with Gasteiger partial charge in [-0.1, -0.05) is 22.9 Å². The average Bonchev–Trinajstić information content (AvgIpc) is 2.72. The first-order chi connectivity index (χ1) is 8.22. The van der Waals surface area contributed by atoms with Gasteiger partial charge in [-0.3, -0.25) is 0 Å². The van der Waals surface area contributed by atoms with E-state index in [0.29, 0.717) is 0 Å². The van der Waals surface area contributed by atoms with Crippen molar-refractivity contribution in [2.24, 2.45) is 0 Å². The van der Waals surface area contributed by atoms with Crippen molar-refractivity contribution in [3.8, 4) is 0 Å². The number of rotatable bonds is 1. The Morgan fingerprint density at radius 3 is 2.53 bits per heavy atom. The number of nitrogens with zero attached hydrogens (tertiary/aromatic N) is 3. The predicted octanol–water partition coefficient (Wildman–Crippen LogP) is 3.55. The lowest BCUT2D eigenvalue weighted by atomic mass is 10.3. The summed E-state index contributed by atoms with van der Waals surface area (Å²) in [6.45, 7) is 4.33. The third-order valence-electron chi connectivity index (χ3n) is 3.11. The number of fused-ring (bicyclic) bond motifs is 1. The van der Waals surface area contributed by atoms with E-state index in [1.54, 1.807) is 11.3 Å². The van der Waals surface area contributed by atoms with Crippen LogP contribution in [0.5, 0.6) is 0 Å². The van der Waals surface area contributed by atoms with Gasteiger partial charge >= 0.3 is 0 Å². The molecule has 7 heteroatoms. The van der Waals surface area contributed by atoms with Gasteiger partial charge in [0.05, 0.1) is 10.2 Å². The second-order valence-electron chi connectivity index (χ2n) is 4.40. The first-order valence-corrected chi connectivity index (χ1v) is 6.91. The zero-order chi connectivity index (χ0) is 11.8. The van der Waals surface area contributed by atoms with Crippen LogP contribution in [0.1, 0.15) is 0 Å². The number of aromatic nitrogens is 1. The summed E-state index contributed by atoms with van der Waals surface area (Å²) in [5.74, 6) is 0. The van der Waals surface area contributed by atoms with Crippen LogP contribution in [0.15, 0.2) is 18.2 Å². The van der Waals surface area contributed by atoms with Gasteiger partial charge in [-0.2, -0.15) is 0 Å². The molecule has 0 radical (unpaired) electrons. The van der Waals surface area contributed by atoms with E-state index in [-0.39, 0.29) is 24.8 Å². The third-order valence-corrected chi connectivity index (χ3v) is 4.44. The van der Waals surface area contributed by atoms with E-state index in [2.05, 4.69) is 27.9 Å². The maximum absolute atomic E-state index is 5.98. The molecule has 1 aliphatic heterocycles. The zero-order valence-electron chi connectivity index (χ0n) is 10.5. The molecule has 19 heavy (non-hydrogen) atoms. The summed E-state index contributed by atoms with van der Waals surface area (Å²) in [4.78, 5) is 9.37. The van der Waals surface area contributed by atoms with Crippen molar-refractivity contribution in [2.75, 3.05) is 38.1 Å². The van der Waals surface area contributed by atoms with Crippen LogP contribution in [-0.2, 0) is 0 Å². The number of hydrogen-bond donors (Lipinski definition) is 0. The Morgan fingerprint density at radius 1 is 1.16 bits per heavy atom. The molecule has 106 valence electrons. The molecular formula is C12H16Cl3N3S. The predicted molar refractivity (Wildman–Crippen MR) is 88.8 cm³/mol. The van der Waals surface area contributed by atoms with E-state index in [1.165, 1.54) is 4.70 Å². The van der Waals surface area contributed by atoms with Gasteiger partial charge in [-0.25, -0.2) is 4.98 Å². The van der Waals surface area contributed by atoms with E-state index < -0.39 is 0 Å². The normalized spacial score (nSPS) is 16.0. The van der Waals surface area contributed by atoms with E-state index in [4.69, 9.17) is 11.6 Å². The fourth-order valence-corrected chi connectivity index (χ4v) is 3.19. The van der Waals surface area contributed by atoms with Crippen LogP contribution in [0, 0.1) is 0 Å². The Hall–Kier alpha value is -0.260. The minimum absolute atomic E-state index is 0. The molecule has 0 spiro atoms. The van der Waals surface area contributed by atoms with Gasteiger partial charge in [0.1, 0.15) is 0 Å². The van der Waals surface area contributed by atoms with Crippen LogP contribution >= 0.6 is 47.8 Å². The lowest BCUT2D eigenvalue weighted by Crippen LogP contribution is -2.44. The summed E-state index contributed by atoms with van der Waals surface area (Å²) in [6.07, 6.45) is 0. The molecule has 0 atom stereocenters. The fourth-order valence-electron chi connectivity index (χ4n) is 2.02. The van der Waals surface area contributed by atoms with E-state index in [9.17, 15) is 0 Å². The number of benzene rings is 1. The van der Waals surface area contributed by atoms with E-state index >= 15 is 0 Å². The molecule has 0 saturated carbocycles. The first-order valence-electron chi connectivity index (χ1n) is 5.72. The van der Waals surface area contributed by atoms with Crippen LogP contribution in [0.25, 0.3) is 10.2 Å². The van der Waals surface area contributed by atoms with Crippen molar-refractivity contribution < 1.29 is 0 Å². The number of anilines is 1. The Labute approximate surface area is 134 Å². The number of halogens is 3. The topological polar surface area (TPSA) is 19.4 Å². The van der Waals surface area contributed by atoms with Gasteiger partial charge < -0.3 is 9.80 Å². The van der Waals surface area contributed by atoms with Crippen LogP contribution < -0.4 is 4.90 Å². The van der Waals surface area contributed by atoms with Crippen molar-refractivity contribution in [3.63, 3.8) is 0 Å². The van der Waals surface area contributed by atoms with Gasteiger partial charge in [-0.05, 0) is 25.2 Å². The molecule has 3 nitrogen and oxygen atoms in total. The van der Waals surface area contributed by atoms with E-state index in [0.717, 1.165) is 41.8 Å².